The molecular formula is C16H23NO2. The van der Waals surface area contributed by atoms with Crippen LogP contribution in [0.3, 0.4) is 0 Å². The maximum absolute atomic E-state index is 5.82. The van der Waals surface area contributed by atoms with E-state index in [1.54, 1.807) is 0 Å². The Hall–Kier alpha value is -1.48. The smallest absolute Gasteiger partial charge is 0.127 e. The van der Waals surface area contributed by atoms with E-state index in [0.717, 1.165) is 30.0 Å². The van der Waals surface area contributed by atoms with E-state index >= 15 is 0 Å². The molecule has 2 rings (SSSR count). The van der Waals surface area contributed by atoms with Crippen molar-refractivity contribution >= 4 is 6.08 Å². The SMILES string of the molecule is CCOc1cc2c(cc1C=C(C)CNC)OC(C)C2. The maximum Gasteiger partial charge on any atom is 0.127 e. The Morgan fingerprint density at radius 1 is 1.53 bits per heavy atom. The topological polar surface area (TPSA) is 30.5 Å². The van der Waals surface area contributed by atoms with Crippen molar-refractivity contribution in [3.8, 4) is 11.5 Å². The van der Waals surface area contributed by atoms with E-state index in [1.807, 2.05) is 14.0 Å². The zero-order chi connectivity index (χ0) is 13.8. The minimum Gasteiger partial charge on any atom is -0.493 e. The van der Waals surface area contributed by atoms with E-state index in [1.165, 1.54) is 11.1 Å². The molecule has 0 aliphatic carbocycles. The lowest BCUT2D eigenvalue weighted by atomic mass is 10.0. The lowest BCUT2D eigenvalue weighted by molar-refractivity contribution is 0.254. The van der Waals surface area contributed by atoms with Crippen LogP contribution in [0.25, 0.3) is 6.08 Å². The summed E-state index contributed by atoms with van der Waals surface area (Å²) in [5.74, 6) is 1.95. The number of fused-ring (bicyclic) bond motifs is 1. The first-order valence-corrected chi connectivity index (χ1v) is 6.92. The highest BCUT2D eigenvalue weighted by Gasteiger charge is 2.21. The highest BCUT2D eigenvalue weighted by molar-refractivity contribution is 5.64. The third-order valence-corrected chi connectivity index (χ3v) is 3.19. The van der Waals surface area contributed by atoms with Crippen molar-refractivity contribution in [3.63, 3.8) is 0 Å². The van der Waals surface area contributed by atoms with Gasteiger partial charge in [-0.3, -0.25) is 0 Å². The van der Waals surface area contributed by atoms with Crippen molar-refractivity contribution in [2.75, 3.05) is 20.2 Å². The van der Waals surface area contributed by atoms with Gasteiger partial charge in [0.2, 0.25) is 0 Å². The van der Waals surface area contributed by atoms with Gasteiger partial charge in [-0.2, -0.15) is 0 Å². The summed E-state index contributed by atoms with van der Waals surface area (Å²) in [5.41, 5.74) is 3.62. The molecule has 0 bridgehead atoms. The first kappa shape index (κ1) is 13.9. The maximum atomic E-state index is 5.82. The molecule has 104 valence electrons. The van der Waals surface area contributed by atoms with Gasteiger partial charge in [0.05, 0.1) is 6.61 Å². The van der Waals surface area contributed by atoms with E-state index in [2.05, 4.69) is 37.4 Å². The fourth-order valence-corrected chi connectivity index (χ4v) is 2.44. The number of ether oxygens (including phenoxy) is 2. The molecule has 3 heteroatoms. The largest absolute Gasteiger partial charge is 0.493 e. The minimum absolute atomic E-state index is 0.266. The second-order valence-electron chi connectivity index (χ2n) is 5.08. The molecule has 1 aliphatic heterocycles. The van der Waals surface area contributed by atoms with Gasteiger partial charge in [0.15, 0.2) is 0 Å². The molecule has 0 saturated heterocycles. The van der Waals surface area contributed by atoms with Crippen molar-refractivity contribution in [1.82, 2.24) is 5.32 Å². The molecule has 1 atom stereocenters. The van der Waals surface area contributed by atoms with Gasteiger partial charge in [0.1, 0.15) is 17.6 Å². The first-order chi connectivity index (χ1) is 9.13. The fraction of sp³-hybridized carbons (Fsp3) is 0.500. The highest BCUT2D eigenvalue weighted by Crippen LogP contribution is 2.36. The van der Waals surface area contributed by atoms with Crippen LogP contribution in [0, 0.1) is 0 Å². The Bertz CT molecular complexity index is 480. The molecule has 1 unspecified atom stereocenters. The Balaban J connectivity index is 2.36. The molecule has 3 nitrogen and oxygen atoms in total. The van der Waals surface area contributed by atoms with Crippen LogP contribution in [0.5, 0.6) is 11.5 Å². The van der Waals surface area contributed by atoms with Crippen molar-refractivity contribution in [1.29, 1.82) is 0 Å². The zero-order valence-electron chi connectivity index (χ0n) is 12.2. The highest BCUT2D eigenvalue weighted by atomic mass is 16.5. The Labute approximate surface area is 115 Å². The summed E-state index contributed by atoms with van der Waals surface area (Å²) in [7, 11) is 1.95. The third kappa shape index (κ3) is 3.29. The number of likely N-dealkylation sites (N-methyl/N-ethyl adjacent to an activating group) is 1. The van der Waals surface area contributed by atoms with Gasteiger partial charge in [0, 0.05) is 24.1 Å². The lowest BCUT2D eigenvalue weighted by Gasteiger charge is -2.11. The van der Waals surface area contributed by atoms with Gasteiger partial charge in [-0.1, -0.05) is 11.6 Å². The quantitative estimate of drug-likeness (QED) is 0.883. The van der Waals surface area contributed by atoms with Gasteiger partial charge >= 0.3 is 0 Å². The summed E-state index contributed by atoms with van der Waals surface area (Å²) in [4.78, 5) is 0. The standard InChI is InChI=1S/C16H23NO2/c1-5-18-15-8-14-7-12(3)19-16(14)9-13(15)6-11(2)10-17-4/h6,8-9,12,17H,5,7,10H2,1-4H3. The van der Waals surface area contributed by atoms with E-state index in [9.17, 15) is 0 Å². The molecule has 1 aliphatic rings. The molecule has 0 saturated carbocycles. The summed E-state index contributed by atoms with van der Waals surface area (Å²) < 4.78 is 11.6. The molecule has 1 heterocycles. The first-order valence-electron chi connectivity index (χ1n) is 6.92. The van der Waals surface area contributed by atoms with Crippen molar-refractivity contribution in [3.05, 3.63) is 28.8 Å². The average molecular weight is 261 g/mol. The average Bonchev–Trinajstić information content (AvgIpc) is 2.69. The molecule has 1 N–H and O–H groups in total. The molecule has 0 aromatic heterocycles. The molecule has 1 aromatic carbocycles. The Morgan fingerprint density at radius 3 is 3.00 bits per heavy atom. The van der Waals surface area contributed by atoms with Crippen molar-refractivity contribution in [2.24, 2.45) is 0 Å². The van der Waals surface area contributed by atoms with Crippen LogP contribution in [-0.2, 0) is 6.42 Å². The van der Waals surface area contributed by atoms with Gasteiger partial charge in [-0.25, -0.2) is 0 Å². The van der Waals surface area contributed by atoms with Crippen molar-refractivity contribution in [2.45, 2.75) is 33.3 Å². The summed E-state index contributed by atoms with van der Waals surface area (Å²) in [5, 5.41) is 3.16. The summed E-state index contributed by atoms with van der Waals surface area (Å²) in [6.07, 6.45) is 3.39. The number of benzene rings is 1. The third-order valence-electron chi connectivity index (χ3n) is 3.19. The van der Waals surface area contributed by atoms with Crippen LogP contribution in [0.2, 0.25) is 0 Å². The van der Waals surface area contributed by atoms with E-state index in [-0.39, 0.29) is 6.10 Å². The monoisotopic (exact) mass is 261 g/mol. The van der Waals surface area contributed by atoms with E-state index in [4.69, 9.17) is 9.47 Å². The summed E-state index contributed by atoms with van der Waals surface area (Å²) in [6, 6.07) is 4.23. The van der Waals surface area contributed by atoms with Crippen LogP contribution >= 0.6 is 0 Å². The minimum atomic E-state index is 0.266. The predicted octanol–water partition coefficient (Wildman–Crippen LogP) is 3.03. The Morgan fingerprint density at radius 2 is 2.32 bits per heavy atom. The van der Waals surface area contributed by atoms with E-state index < -0.39 is 0 Å². The summed E-state index contributed by atoms with van der Waals surface area (Å²) >= 11 is 0. The number of hydrogen-bond acceptors (Lipinski definition) is 3. The normalized spacial score (nSPS) is 18.1. The van der Waals surface area contributed by atoms with Crippen LogP contribution in [-0.4, -0.2) is 26.3 Å². The fourth-order valence-electron chi connectivity index (χ4n) is 2.44. The van der Waals surface area contributed by atoms with Gasteiger partial charge in [-0.15, -0.1) is 0 Å². The second kappa shape index (κ2) is 6.11. The van der Waals surface area contributed by atoms with Crippen LogP contribution < -0.4 is 14.8 Å². The number of rotatable bonds is 5. The number of hydrogen-bond donors (Lipinski definition) is 1. The molecule has 0 fully saturated rings. The van der Waals surface area contributed by atoms with Gasteiger partial charge < -0.3 is 14.8 Å². The predicted molar refractivity (Wildman–Crippen MR) is 79.0 cm³/mol. The second-order valence-corrected chi connectivity index (χ2v) is 5.08. The molecule has 1 aromatic rings. The van der Waals surface area contributed by atoms with Crippen molar-refractivity contribution < 1.29 is 9.47 Å². The molecule has 0 amide bonds. The number of nitrogens with one attached hydrogen (secondary N) is 1. The van der Waals surface area contributed by atoms with Gasteiger partial charge in [-0.05, 0) is 40.0 Å². The zero-order valence-corrected chi connectivity index (χ0v) is 12.2. The molecular weight excluding hydrogens is 238 g/mol. The van der Waals surface area contributed by atoms with Crippen LogP contribution in [0.1, 0.15) is 31.9 Å². The van der Waals surface area contributed by atoms with Crippen LogP contribution in [0.4, 0.5) is 0 Å². The van der Waals surface area contributed by atoms with Gasteiger partial charge in [0.25, 0.3) is 0 Å². The molecule has 0 spiro atoms. The lowest BCUT2D eigenvalue weighted by Crippen LogP contribution is -2.08. The summed E-state index contributed by atoms with van der Waals surface area (Å²) in [6.45, 7) is 7.78. The molecule has 0 radical (unpaired) electrons. The molecule has 19 heavy (non-hydrogen) atoms. The van der Waals surface area contributed by atoms with Crippen LogP contribution in [0.15, 0.2) is 17.7 Å². The van der Waals surface area contributed by atoms with E-state index in [0.29, 0.717) is 6.61 Å². The Kier molecular flexibility index (Phi) is 4.48.